The van der Waals surface area contributed by atoms with Crippen molar-refractivity contribution in [3.05, 3.63) is 82.0 Å². The number of carbonyl (C=O) groups excluding carboxylic acids is 1. The average Bonchev–Trinajstić information content (AvgIpc) is 3.15. The van der Waals surface area contributed by atoms with Crippen molar-refractivity contribution in [2.45, 2.75) is 64.8 Å². The predicted octanol–water partition coefficient (Wildman–Crippen LogP) is 5.63. The van der Waals surface area contributed by atoms with E-state index in [0.717, 1.165) is 42.5 Å². The molecular weight excluding hydrogens is 428 g/mol. The van der Waals surface area contributed by atoms with E-state index in [4.69, 9.17) is 0 Å². The van der Waals surface area contributed by atoms with Crippen molar-refractivity contribution >= 4 is 11.9 Å². The number of carboxylic acids is 1. The van der Waals surface area contributed by atoms with Crippen LogP contribution in [0.4, 0.5) is 0 Å². The standard InChI is InChI=1S/C28H32N2O4/c1-2-8-23-19-30(26(31)17-20-9-4-3-5-10-20)28(34)29(23)18-21-13-15-22(16-14-21)24-11-6-7-12-25(24)27(32)33/h6-7,11-16,19-20H,2-5,8-10,17-18H2,1H3,(H,32,33). The Bertz CT molecular complexity index is 1210. The molecular formula is C28H32N2O4. The monoisotopic (exact) mass is 460 g/mol. The third kappa shape index (κ3) is 5.22. The molecule has 0 amide bonds. The minimum atomic E-state index is -0.963. The van der Waals surface area contributed by atoms with E-state index in [0.29, 0.717) is 24.4 Å². The first-order valence-corrected chi connectivity index (χ1v) is 12.2. The molecule has 0 unspecified atom stereocenters. The molecule has 178 valence electrons. The summed E-state index contributed by atoms with van der Waals surface area (Å²) in [5.74, 6) is -0.685. The van der Waals surface area contributed by atoms with Gasteiger partial charge in [-0.15, -0.1) is 0 Å². The minimum absolute atomic E-state index is 0.103. The van der Waals surface area contributed by atoms with E-state index >= 15 is 0 Å². The van der Waals surface area contributed by atoms with Gasteiger partial charge in [0.25, 0.3) is 0 Å². The number of carboxylic acid groups (broad SMARTS) is 1. The lowest BCUT2D eigenvalue weighted by molar-refractivity contribution is 0.0697. The Labute approximate surface area is 199 Å². The first-order chi connectivity index (χ1) is 16.5. The van der Waals surface area contributed by atoms with Gasteiger partial charge in [0.15, 0.2) is 0 Å². The lowest BCUT2D eigenvalue weighted by Gasteiger charge is -2.20. The zero-order valence-corrected chi connectivity index (χ0v) is 19.7. The molecule has 1 N–H and O–H groups in total. The third-order valence-electron chi connectivity index (χ3n) is 6.79. The van der Waals surface area contributed by atoms with Crippen LogP contribution in [0.5, 0.6) is 0 Å². The van der Waals surface area contributed by atoms with Crippen LogP contribution < -0.4 is 5.69 Å². The number of nitrogens with zero attached hydrogens (tertiary/aromatic N) is 2. The Morgan fingerprint density at radius 1 is 1.00 bits per heavy atom. The van der Waals surface area contributed by atoms with Crippen molar-refractivity contribution in [1.29, 1.82) is 0 Å². The zero-order chi connectivity index (χ0) is 24.1. The fourth-order valence-electron chi connectivity index (χ4n) is 4.96. The van der Waals surface area contributed by atoms with Crippen molar-refractivity contribution in [3.63, 3.8) is 0 Å². The molecule has 0 saturated heterocycles. The highest BCUT2D eigenvalue weighted by Crippen LogP contribution is 2.27. The fourth-order valence-corrected chi connectivity index (χ4v) is 4.96. The summed E-state index contributed by atoms with van der Waals surface area (Å²) in [6, 6.07) is 14.5. The van der Waals surface area contributed by atoms with E-state index in [9.17, 15) is 19.5 Å². The smallest absolute Gasteiger partial charge is 0.336 e. The lowest BCUT2D eigenvalue weighted by Crippen LogP contribution is -2.30. The van der Waals surface area contributed by atoms with E-state index in [1.165, 1.54) is 23.8 Å². The molecule has 6 nitrogen and oxygen atoms in total. The number of aromatic carboxylic acids is 1. The summed E-state index contributed by atoms with van der Waals surface area (Å²) < 4.78 is 3.01. The summed E-state index contributed by atoms with van der Waals surface area (Å²) in [6.07, 6.45) is 9.49. The second-order valence-electron chi connectivity index (χ2n) is 9.26. The van der Waals surface area contributed by atoms with Crippen LogP contribution in [0, 0.1) is 5.92 Å². The largest absolute Gasteiger partial charge is 0.478 e. The van der Waals surface area contributed by atoms with Crippen LogP contribution in [-0.4, -0.2) is 26.1 Å². The van der Waals surface area contributed by atoms with Crippen molar-refractivity contribution in [2.24, 2.45) is 5.92 Å². The number of hydrogen-bond acceptors (Lipinski definition) is 3. The number of hydrogen-bond donors (Lipinski definition) is 1. The number of rotatable bonds is 8. The number of carbonyl (C=O) groups is 2. The van der Waals surface area contributed by atoms with Gasteiger partial charge in [0.1, 0.15) is 0 Å². The van der Waals surface area contributed by atoms with E-state index < -0.39 is 5.97 Å². The molecule has 1 aromatic heterocycles. The summed E-state index contributed by atoms with van der Waals surface area (Å²) in [7, 11) is 0. The van der Waals surface area contributed by atoms with Crippen molar-refractivity contribution in [2.75, 3.05) is 0 Å². The molecule has 0 aliphatic heterocycles. The molecule has 6 heteroatoms. The normalized spacial score (nSPS) is 14.3. The summed E-state index contributed by atoms with van der Waals surface area (Å²) in [6.45, 7) is 2.43. The summed E-state index contributed by atoms with van der Waals surface area (Å²) >= 11 is 0. The molecule has 1 fully saturated rings. The van der Waals surface area contributed by atoms with Gasteiger partial charge in [-0.05, 0) is 47.9 Å². The van der Waals surface area contributed by atoms with E-state index in [1.807, 2.05) is 30.3 Å². The maximum Gasteiger partial charge on any atom is 0.336 e. The first kappa shape index (κ1) is 23.7. The van der Waals surface area contributed by atoms with Gasteiger partial charge in [-0.1, -0.05) is 75.1 Å². The molecule has 3 aromatic rings. The van der Waals surface area contributed by atoms with Gasteiger partial charge in [-0.2, -0.15) is 0 Å². The molecule has 0 radical (unpaired) electrons. The molecule has 34 heavy (non-hydrogen) atoms. The second-order valence-corrected chi connectivity index (χ2v) is 9.26. The topological polar surface area (TPSA) is 81.3 Å². The summed E-state index contributed by atoms with van der Waals surface area (Å²) in [5, 5.41) is 9.47. The van der Waals surface area contributed by atoms with Crippen molar-refractivity contribution in [1.82, 2.24) is 9.13 Å². The van der Waals surface area contributed by atoms with Crippen LogP contribution in [0.3, 0.4) is 0 Å². The molecule has 1 aliphatic carbocycles. The van der Waals surface area contributed by atoms with Gasteiger partial charge in [0, 0.05) is 18.3 Å². The van der Waals surface area contributed by atoms with Crippen LogP contribution in [0.1, 0.15) is 78.3 Å². The van der Waals surface area contributed by atoms with Gasteiger partial charge in [0.05, 0.1) is 12.1 Å². The van der Waals surface area contributed by atoms with Crippen molar-refractivity contribution < 1.29 is 14.7 Å². The highest BCUT2D eigenvalue weighted by molar-refractivity contribution is 5.96. The average molecular weight is 461 g/mol. The highest BCUT2D eigenvalue weighted by Gasteiger charge is 2.21. The number of imidazole rings is 1. The molecule has 1 saturated carbocycles. The molecule has 2 aromatic carbocycles. The summed E-state index contributed by atoms with van der Waals surface area (Å²) in [5.41, 5.74) is 3.24. The van der Waals surface area contributed by atoms with Gasteiger partial charge in [0.2, 0.25) is 5.91 Å². The second kappa shape index (κ2) is 10.7. The SMILES string of the molecule is CCCc1cn(C(=O)CC2CCCCC2)c(=O)n1Cc1ccc(-c2ccccc2C(=O)O)cc1. The quantitative estimate of drug-likeness (QED) is 0.473. The Hall–Kier alpha value is -3.41. The van der Waals surface area contributed by atoms with Gasteiger partial charge in [-0.25, -0.2) is 14.2 Å². The molecule has 1 heterocycles. The molecule has 4 rings (SSSR count). The lowest BCUT2D eigenvalue weighted by atomic mass is 9.87. The third-order valence-corrected chi connectivity index (χ3v) is 6.79. The maximum atomic E-state index is 13.2. The van der Waals surface area contributed by atoms with Crippen LogP contribution in [0.15, 0.2) is 59.5 Å². The van der Waals surface area contributed by atoms with Gasteiger partial charge >= 0.3 is 11.7 Å². The van der Waals surface area contributed by atoms with E-state index in [2.05, 4.69) is 6.92 Å². The van der Waals surface area contributed by atoms with E-state index in [-0.39, 0.29) is 17.2 Å². The van der Waals surface area contributed by atoms with Crippen LogP contribution in [0.2, 0.25) is 0 Å². The Morgan fingerprint density at radius 3 is 2.38 bits per heavy atom. The Balaban J connectivity index is 1.57. The molecule has 0 atom stereocenters. The number of benzene rings is 2. The molecule has 1 aliphatic rings. The zero-order valence-electron chi connectivity index (χ0n) is 19.7. The van der Waals surface area contributed by atoms with Gasteiger partial charge in [-0.3, -0.25) is 9.36 Å². The first-order valence-electron chi connectivity index (χ1n) is 12.2. The van der Waals surface area contributed by atoms with Gasteiger partial charge < -0.3 is 5.11 Å². The maximum absolute atomic E-state index is 13.2. The number of aromatic nitrogens is 2. The van der Waals surface area contributed by atoms with Crippen molar-refractivity contribution in [3.8, 4) is 11.1 Å². The highest BCUT2D eigenvalue weighted by atomic mass is 16.4. The van der Waals surface area contributed by atoms with Crippen LogP contribution >= 0.6 is 0 Å². The Kier molecular flexibility index (Phi) is 7.46. The number of aryl methyl sites for hydroxylation is 1. The Morgan fingerprint density at radius 2 is 1.71 bits per heavy atom. The van der Waals surface area contributed by atoms with Crippen LogP contribution in [-0.2, 0) is 13.0 Å². The molecule has 0 bridgehead atoms. The predicted molar refractivity (Wildman–Crippen MR) is 132 cm³/mol. The fraction of sp³-hybridized carbons (Fsp3) is 0.393. The van der Waals surface area contributed by atoms with E-state index in [1.54, 1.807) is 29.0 Å². The minimum Gasteiger partial charge on any atom is -0.478 e. The van der Waals surface area contributed by atoms with Crippen LogP contribution in [0.25, 0.3) is 11.1 Å². The summed E-state index contributed by atoms with van der Waals surface area (Å²) in [4.78, 5) is 37.7. The molecule has 0 spiro atoms.